The molecule has 24 heavy (non-hydrogen) atoms. The van der Waals surface area contributed by atoms with Crippen LogP contribution in [-0.4, -0.2) is 49.9 Å². The average molecular weight is 376 g/mol. The van der Waals surface area contributed by atoms with Crippen LogP contribution in [0.25, 0.3) is 0 Å². The molecule has 1 aromatic rings. The first kappa shape index (κ1) is 18.5. The van der Waals surface area contributed by atoms with E-state index < -0.39 is 14.8 Å². The van der Waals surface area contributed by atoms with Crippen LogP contribution in [0, 0.1) is 10.1 Å². The second kappa shape index (κ2) is 7.35. The predicted octanol–water partition coefficient (Wildman–Crippen LogP) is 1.38. The highest BCUT2D eigenvalue weighted by atomic mass is 35.5. The first-order valence-electron chi connectivity index (χ1n) is 7.40. The fraction of sp³-hybridized carbons (Fsp3) is 0.500. The van der Waals surface area contributed by atoms with Gasteiger partial charge in [-0.25, -0.2) is 8.42 Å². The summed E-state index contributed by atoms with van der Waals surface area (Å²) in [5.74, 6) is -0.263. The van der Waals surface area contributed by atoms with Crippen LogP contribution in [0.5, 0.6) is 0 Å². The van der Waals surface area contributed by atoms with Gasteiger partial charge in [0.1, 0.15) is 0 Å². The first-order valence-corrected chi connectivity index (χ1v) is 9.60. The Labute approximate surface area is 144 Å². The van der Waals surface area contributed by atoms with Crippen LogP contribution in [0.4, 0.5) is 11.4 Å². The molecule has 1 amide bonds. The van der Waals surface area contributed by atoms with E-state index in [-0.39, 0.29) is 40.7 Å². The fourth-order valence-corrected chi connectivity index (χ4v) is 4.56. The first-order chi connectivity index (χ1) is 11.2. The van der Waals surface area contributed by atoms with E-state index in [2.05, 4.69) is 5.32 Å². The van der Waals surface area contributed by atoms with Crippen LogP contribution in [0.1, 0.15) is 13.3 Å². The number of halogens is 1. The van der Waals surface area contributed by atoms with Gasteiger partial charge in [-0.2, -0.15) is 0 Å². The van der Waals surface area contributed by atoms with Crippen LogP contribution in [-0.2, 0) is 14.6 Å². The SMILES string of the molecule is CCN(CC(=O)N[C@H]1CCS(=O)(=O)C1)c1ccc([N+](=O)[O-])cc1Cl. The van der Waals surface area contributed by atoms with E-state index in [4.69, 9.17) is 11.6 Å². The highest BCUT2D eigenvalue weighted by Crippen LogP contribution is 2.29. The summed E-state index contributed by atoms with van der Waals surface area (Å²) < 4.78 is 22.8. The lowest BCUT2D eigenvalue weighted by atomic mass is 10.2. The van der Waals surface area contributed by atoms with Gasteiger partial charge in [0, 0.05) is 24.7 Å². The molecule has 1 atom stereocenters. The number of nitro benzene ring substituents is 1. The van der Waals surface area contributed by atoms with Gasteiger partial charge in [-0.15, -0.1) is 0 Å². The minimum atomic E-state index is -3.06. The van der Waals surface area contributed by atoms with Gasteiger partial charge in [-0.3, -0.25) is 14.9 Å². The third-order valence-electron chi connectivity index (χ3n) is 3.80. The molecule has 0 aliphatic carbocycles. The van der Waals surface area contributed by atoms with Crippen molar-refractivity contribution in [1.82, 2.24) is 5.32 Å². The van der Waals surface area contributed by atoms with Crippen LogP contribution in [0.15, 0.2) is 18.2 Å². The fourth-order valence-electron chi connectivity index (χ4n) is 2.59. The second-order valence-corrected chi connectivity index (χ2v) is 8.21. The van der Waals surface area contributed by atoms with E-state index >= 15 is 0 Å². The van der Waals surface area contributed by atoms with Gasteiger partial charge in [0.2, 0.25) is 5.91 Å². The second-order valence-electron chi connectivity index (χ2n) is 5.57. The molecule has 0 aromatic heterocycles. The molecule has 1 aliphatic heterocycles. The Morgan fingerprint density at radius 3 is 2.71 bits per heavy atom. The number of nitrogens with zero attached hydrogens (tertiary/aromatic N) is 2. The number of amides is 1. The average Bonchev–Trinajstić information content (AvgIpc) is 2.83. The van der Waals surface area contributed by atoms with Gasteiger partial charge in [-0.05, 0) is 19.4 Å². The Morgan fingerprint density at radius 2 is 2.21 bits per heavy atom. The molecule has 1 fully saturated rings. The summed E-state index contributed by atoms with van der Waals surface area (Å²) in [5.41, 5.74) is 0.388. The summed E-state index contributed by atoms with van der Waals surface area (Å²) in [4.78, 5) is 24.0. The Bertz CT molecular complexity index is 753. The van der Waals surface area contributed by atoms with Crippen molar-refractivity contribution in [1.29, 1.82) is 0 Å². The van der Waals surface area contributed by atoms with Crippen molar-refractivity contribution in [3.05, 3.63) is 33.3 Å². The molecule has 1 aliphatic rings. The van der Waals surface area contributed by atoms with Crippen LogP contribution in [0.3, 0.4) is 0 Å². The maximum absolute atomic E-state index is 12.1. The van der Waals surface area contributed by atoms with E-state index in [1.54, 1.807) is 4.90 Å². The van der Waals surface area contributed by atoms with Crippen molar-refractivity contribution in [3.8, 4) is 0 Å². The molecular weight excluding hydrogens is 358 g/mol. The summed E-state index contributed by atoms with van der Waals surface area (Å²) in [5, 5.41) is 13.6. The van der Waals surface area contributed by atoms with Crippen LogP contribution >= 0.6 is 11.6 Å². The quantitative estimate of drug-likeness (QED) is 0.594. The van der Waals surface area contributed by atoms with Crippen molar-refractivity contribution < 1.29 is 18.1 Å². The standard InChI is InChI=1S/C14H18ClN3O5S/c1-2-17(13-4-3-11(18(20)21)7-12(13)15)8-14(19)16-10-5-6-24(22,23)9-10/h3-4,7,10H,2,5-6,8-9H2,1H3,(H,16,19)/t10-/m0/s1. The highest BCUT2D eigenvalue weighted by Gasteiger charge is 2.29. The third-order valence-corrected chi connectivity index (χ3v) is 5.87. The molecule has 0 saturated carbocycles. The largest absolute Gasteiger partial charge is 0.361 e. The molecule has 1 N–H and O–H groups in total. The topological polar surface area (TPSA) is 110 Å². The number of hydrogen-bond donors (Lipinski definition) is 1. The van der Waals surface area contributed by atoms with Crippen LogP contribution in [0.2, 0.25) is 5.02 Å². The highest BCUT2D eigenvalue weighted by molar-refractivity contribution is 7.91. The Hall–Kier alpha value is -1.87. The molecule has 132 valence electrons. The number of hydrogen-bond acceptors (Lipinski definition) is 6. The van der Waals surface area contributed by atoms with Gasteiger partial charge in [0.05, 0.1) is 33.7 Å². The number of benzene rings is 1. The van der Waals surface area contributed by atoms with Gasteiger partial charge >= 0.3 is 0 Å². The molecule has 8 nitrogen and oxygen atoms in total. The minimum absolute atomic E-state index is 0.00935. The van der Waals surface area contributed by atoms with Crippen LogP contribution < -0.4 is 10.2 Å². The molecule has 2 rings (SSSR count). The van der Waals surface area contributed by atoms with Crippen molar-refractivity contribution >= 4 is 38.7 Å². The van der Waals surface area contributed by atoms with Crippen molar-refractivity contribution in [2.24, 2.45) is 0 Å². The summed E-state index contributed by atoms with van der Waals surface area (Å²) in [6.45, 7) is 2.28. The molecule has 1 heterocycles. The number of carbonyl (C=O) groups is 1. The number of nitrogens with one attached hydrogen (secondary N) is 1. The Balaban J connectivity index is 2.04. The molecule has 0 unspecified atom stereocenters. The number of rotatable bonds is 6. The zero-order valence-electron chi connectivity index (χ0n) is 13.1. The molecule has 1 saturated heterocycles. The smallest absolute Gasteiger partial charge is 0.271 e. The molecule has 1 aromatic carbocycles. The van der Waals surface area contributed by atoms with Crippen molar-refractivity contribution in [3.63, 3.8) is 0 Å². The van der Waals surface area contributed by atoms with Crippen molar-refractivity contribution in [2.45, 2.75) is 19.4 Å². The van der Waals surface area contributed by atoms with Gasteiger partial charge in [-0.1, -0.05) is 11.6 Å². The molecule has 10 heteroatoms. The number of nitro groups is 1. The number of non-ortho nitro benzene ring substituents is 1. The molecular formula is C14H18ClN3O5S. The minimum Gasteiger partial charge on any atom is -0.361 e. The lowest BCUT2D eigenvalue weighted by Gasteiger charge is -2.24. The number of anilines is 1. The predicted molar refractivity (Wildman–Crippen MR) is 91.2 cm³/mol. The number of carbonyl (C=O) groups excluding carboxylic acids is 1. The molecule has 0 spiro atoms. The summed E-state index contributed by atoms with van der Waals surface area (Å²) >= 11 is 6.08. The van der Waals surface area contributed by atoms with E-state index in [1.807, 2.05) is 6.92 Å². The number of sulfone groups is 1. The Kier molecular flexibility index (Phi) is 5.66. The summed E-state index contributed by atoms with van der Waals surface area (Å²) in [7, 11) is -3.06. The van der Waals surface area contributed by atoms with E-state index in [9.17, 15) is 23.3 Å². The zero-order chi connectivity index (χ0) is 17.9. The maximum atomic E-state index is 12.1. The summed E-state index contributed by atoms with van der Waals surface area (Å²) in [6, 6.07) is 3.69. The molecule has 0 bridgehead atoms. The van der Waals surface area contributed by atoms with E-state index in [0.29, 0.717) is 18.7 Å². The molecule has 0 radical (unpaired) electrons. The third kappa shape index (κ3) is 4.57. The lowest BCUT2D eigenvalue weighted by Crippen LogP contribution is -2.42. The van der Waals surface area contributed by atoms with Crippen molar-refractivity contribution in [2.75, 3.05) is 29.5 Å². The Morgan fingerprint density at radius 1 is 1.50 bits per heavy atom. The lowest BCUT2D eigenvalue weighted by molar-refractivity contribution is -0.384. The summed E-state index contributed by atoms with van der Waals surface area (Å²) in [6.07, 6.45) is 0.415. The van der Waals surface area contributed by atoms with Gasteiger partial charge < -0.3 is 10.2 Å². The monoisotopic (exact) mass is 375 g/mol. The normalized spacial score (nSPS) is 19.0. The van der Waals surface area contributed by atoms with Gasteiger partial charge in [0.25, 0.3) is 5.69 Å². The number of likely N-dealkylation sites (N-methyl/N-ethyl adjacent to an activating group) is 1. The maximum Gasteiger partial charge on any atom is 0.271 e. The van der Waals surface area contributed by atoms with E-state index in [1.165, 1.54) is 18.2 Å². The zero-order valence-corrected chi connectivity index (χ0v) is 14.6. The van der Waals surface area contributed by atoms with Gasteiger partial charge in [0.15, 0.2) is 9.84 Å². The van der Waals surface area contributed by atoms with E-state index in [0.717, 1.165) is 0 Å².